The molecule has 0 amide bonds. The molecule has 1 unspecified atom stereocenters. The summed E-state index contributed by atoms with van der Waals surface area (Å²) in [5.41, 5.74) is 0.988. The lowest BCUT2D eigenvalue weighted by Crippen LogP contribution is -2.39. The van der Waals surface area contributed by atoms with Crippen molar-refractivity contribution in [3.63, 3.8) is 0 Å². The normalized spacial score (nSPS) is 14.4. The number of benzene rings is 2. The van der Waals surface area contributed by atoms with Gasteiger partial charge in [0.15, 0.2) is 14.4 Å². The predicted molar refractivity (Wildman–Crippen MR) is 125 cm³/mol. The standard InChI is InChI=1S/C23H33NO5S2/c1-22(2,3)18-13-16(14-19(21(18)25)23(4,5)6)15-20(31(28,29)24-7)30(26,27)17-11-9-8-10-12-17/h8-14,20,24-25H,15H2,1-7H3. The summed E-state index contributed by atoms with van der Waals surface area (Å²) in [5, 5.41) is 10.9. The van der Waals surface area contributed by atoms with Crippen LogP contribution >= 0.6 is 0 Å². The highest BCUT2D eigenvalue weighted by atomic mass is 32.3. The predicted octanol–water partition coefficient (Wildman–Crippen LogP) is 3.88. The fraction of sp³-hybridized carbons (Fsp3) is 0.478. The van der Waals surface area contributed by atoms with E-state index in [9.17, 15) is 21.9 Å². The second-order valence-electron chi connectivity index (χ2n) is 9.78. The zero-order valence-corrected chi connectivity index (χ0v) is 20.9. The summed E-state index contributed by atoms with van der Waals surface area (Å²) < 4.78 is 52.7. The Balaban J connectivity index is 2.74. The molecule has 0 fully saturated rings. The van der Waals surface area contributed by atoms with Crippen molar-refractivity contribution in [1.82, 2.24) is 4.72 Å². The molecule has 2 rings (SSSR count). The molecule has 0 heterocycles. The number of hydrogen-bond acceptors (Lipinski definition) is 5. The van der Waals surface area contributed by atoms with Crippen LogP contribution in [0, 0.1) is 0 Å². The average molecular weight is 468 g/mol. The number of rotatable bonds is 6. The molecule has 0 saturated carbocycles. The smallest absolute Gasteiger partial charge is 0.229 e. The minimum atomic E-state index is -4.19. The Morgan fingerprint density at radius 1 is 0.871 bits per heavy atom. The fourth-order valence-corrected chi connectivity index (χ4v) is 7.31. The van der Waals surface area contributed by atoms with E-state index in [1.165, 1.54) is 19.2 Å². The van der Waals surface area contributed by atoms with Gasteiger partial charge in [-0.1, -0.05) is 71.9 Å². The molecule has 1 atom stereocenters. The second kappa shape index (κ2) is 8.56. The Hall–Kier alpha value is -1.90. The maximum Gasteiger partial charge on any atom is 0.229 e. The van der Waals surface area contributed by atoms with Crippen molar-refractivity contribution in [3.8, 4) is 5.75 Å². The monoisotopic (exact) mass is 467 g/mol. The van der Waals surface area contributed by atoms with E-state index >= 15 is 0 Å². The summed E-state index contributed by atoms with van der Waals surface area (Å²) in [6, 6.07) is 11.0. The van der Waals surface area contributed by atoms with Crippen molar-refractivity contribution >= 4 is 19.9 Å². The SMILES string of the molecule is CNS(=O)(=O)C(Cc1cc(C(C)(C)C)c(O)c(C(C)(C)C)c1)S(=O)(=O)c1ccccc1. The molecule has 0 aliphatic heterocycles. The Morgan fingerprint density at radius 3 is 1.71 bits per heavy atom. The lowest BCUT2D eigenvalue weighted by molar-refractivity contribution is 0.422. The average Bonchev–Trinajstić information content (AvgIpc) is 2.65. The summed E-state index contributed by atoms with van der Waals surface area (Å²) in [5.74, 6) is 0.155. The van der Waals surface area contributed by atoms with Crippen LogP contribution in [0.15, 0.2) is 47.4 Å². The van der Waals surface area contributed by atoms with Crippen molar-refractivity contribution in [3.05, 3.63) is 59.2 Å². The van der Waals surface area contributed by atoms with E-state index in [0.29, 0.717) is 16.7 Å². The molecule has 0 radical (unpaired) electrons. The number of hydrogen-bond donors (Lipinski definition) is 2. The summed E-state index contributed by atoms with van der Waals surface area (Å²) >= 11 is 0. The molecule has 0 aliphatic rings. The van der Waals surface area contributed by atoms with Crippen LogP contribution in [-0.4, -0.2) is 33.6 Å². The van der Waals surface area contributed by atoms with Crippen LogP contribution in [-0.2, 0) is 37.1 Å². The quantitative estimate of drug-likeness (QED) is 0.671. The highest BCUT2D eigenvalue weighted by Gasteiger charge is 2.39. The molecule has 2 aromatic rings. The van der Waals surface area contributed by atoms with Gasteiger partial charge in [-0.05, 0) is 46.7 Å². The van der Waals surface area contributed by atoms with Crippen LogP contribution in [0.4, 0.5) is 0 Å². The van der Waals surface area contributed by atoms with Gasteiger partial charge in [-0.15, -0.1) is 0 Å². The van der Waals surface area contributed by atoms with E-state index in [4.69, 9.17) is 0 Å². The highest BCUT2D eigenvalue weighted by molar-refractivity contribution is 8.08. The number of phenolic OH excluding ortho intramolecular Hbond substituents is 1. The maximum atomic E-state index is 13.3. The fourth-order valence-electron chi connectivity index (χ4n) is 3.43. The number of aromatic hydroxyl groups is 1. The van der Waals surface area contributed by atoms with Gasteiger partial charge in [0.05, 0.1) is 4.90 Å². The Bertz CT molecular complexity index is 1110. The number of sulfone groups is 1. The summed E-state index contributed by atoms with van der Waals surface area (Å²) in [6.45, 7) is 11.7. The first-order chi connectivity index (χ1) is 14.0. The van der Waals surface area contributed by atoms with E-state index in [-0.39, 0.29) is 17.1 Å². The molecule has 0 bridgehead atoms. The van der Waals surface area contributed by atoms with E-state index in [1.807, 2.05) is 41.5 Å². The molecule has 0 spiro atoms. The number of nitrogens with one attached hydrogen (secondary N) is 1. The van der Waals surface area contributed by atoms with Crippen molar-refractivity contribution in [2.45, 2.75) is 68.3 Å². The molecule has 0 aromatic heterocycles. The van der Waals surface area contributed by atoms with Gasteiger partial charge in [0, 0.05) is 6.42 Å². The largest absolute Gasteiger partial charge is 0.507 e. The van der Waals surface area contributed by atoms with E-state index in [0.717, 1.165) is 0 Å². The molecule has 2 aromatic carbocycles. The molecule has 8 heteroatoms. The van der Waals surface area contributed by atoms with Crippen LogP contribution < -0.4 is 4.72 Å². The first kappa shape index (κ1) is 25.4. The van der Waals surface area contributed by atoms with Gasteiger partial charge in [-0.3, -0.25) is 0 Å². The third-order valence-electron chi connectivity index (χ3n) is 5.24. The minimum Gasteiger partial charge on any atom is -0.507 e. The van der Waals surface area contributed by atoms with E-state index in [1.54, 1.807) is 30.3 Å². The first-order valence-electron chi connectivity index (χ1n) is 10.1. The minimum absolute atomic E-state index is 0.0512. The molecule has 172 valence electrons. The van der Waals surface area contributed by atoms with E-state index in [2.05, 4.69) is 4.72 Å². The second-order valence-corrected chi connectivity index (χ2v) is 14.3. The van der Waals surface area contributed by atoms with Crippen LogP contribution in [0.5, 0.6) is 5.75 Å². The molecule has 0 aliphatic carbocycles. The third-order valence-corrected chi connectivity index (χ3v) is 9.97. The van der Waals surface area contributed by atoms with Crippen LogP contribution in [0.2, 0.25) is 0 Å². The Labute approximate surface area is 186 Å². The Kier molecular flexibility index (Phi) is 7.00. The lowest BCUT2D eigenvalue weighted by Gasteiger charge is -2.29. The zero-order valence-electron chi connectivity index (χ0n) is 19.2. The van der Waals surface area contributed by atoms with Gasteiger partial charge in [0.2, 0.25) is 10.0 Å². The lowest BCUT2D eigenvalue weighted by atomic mass is 9.78. The molecule has 31 heavy (non-hydrogen) atoms. The summed E-state index contributed by atoms with van der Waals surface area (Å²) in [6.07, 6.45) is -0.243. The molecule has 6 nitrogen and oxygen atoms in total. The Morgan fingerprint density at radius 2 is 1.32 bits per heavy atom. The highest BCUT2D eigenvalue weighted by Crippen LogP contribution is 2.40. The topological polar surface area (TPSA) is 101 Å². The molecule has 0 saturated heterocycles. The number of sulfonamides is 1. The molecule has 2 N–H and O–H groups in total. The van der Waals surface area contributed by atoms with Crippen LogP contribution in [0.1, 0.15) is 58.2 Å². The summed E-state index contributed by atoms with van der Waals surface area (Å²) in [7, 11) is -7.15. The van der Waals surface area contributed by atoms with Gasteiger partial charge in [0.1, 0.15) is 5.75 Å². The van der Waals surface area contributed by atoms with Crippen molar-refractivity contribution in [2.75, 3.05) is 7.05 Å². The zero-order chi connectivity index (χ0) is 23.8. The summed E-state index contributed by atoms with van der Waals surface area (Å²) in [4.78, 5) is -0.0512. The third kappa shape index (κ3) is 5.48. The van der Waals surface area contributed by atoms with Gasteiger partial charge in [0.25, 0.3) is 0 Å². The van der Waals surface area contributed by atoms with Gasteiger partial charge in [-0.25, -0.2) is 21.6 Å². The molecular weight excluding hydrogens is 434 g/mol. The van der Waals surface area contributed by atoms with Crippen molar-refractivity contribution in [2.24, 2.45) is 0 Å². The van der Waals surface area contributed by atoms with Gasteiger partial charge in [-0.2, -0.15) is 0 Å². The van der Waals surface area contributed by atoms with Crippen LogP contribution in [0.25, 0.3) is 0 Å². The number of phenols is 1. The van der Waals surface area contributed by atoms with E-state index < -0.39 is 35.3 Å². The first-order valence-corrected chi connectivity index (χ1v) is 13.2. The van der Waals surface area contributed by atoms with Gasteiger partial charge >= 0.3 is 0 Å². The van der Waals surface area contributed by atoms with Crippen molar-refractivity contribution < 1.29 is 21.9 Å². The molecular formula is C23H33NO5S2. The van der Waals surface area contributed by atoms with Gasteiger partial charge < -0.3 is 5.11 Å². The van der Waals surface area contributed by atoms with Crippen LogP contribution in [0.3, 0.4) is 0 Å². The van der Waals surface area contributed by atoms with Crippen molar-refractivity contribution in [1.29, 1.82) is 0 Å². The maximum absolute atomic E-state index is 13.3.